The summed E-state index contributed by atoms with van der Waals surface area (Å²) < 4.78 is 12.1. The third kappa shape index (κ3) is 9.41. The number of Topliss-reactive ketones (excluding diaryl/α,β-unsaturated/α-hetero) is 1. The first-order valence-electron chi connectivity index (χ1n) is 18.2. The van der Waals surface area contributed by atoms with Crippen LogP contribution in [-0.4, -0.2) is 98.2 Å². The highest BCUT2D eigenvalue weighted by Gasteiger charge is 2.53. The molecule has 0 aromatic heterocycles. The zero-order valence-corrected chi connectivity index (χ0v) is 28.9. The lowest BCUT2D eigenvalue weighted by Gasteiger charge is -2.43. The number of fused-ring (bicyclic) bond motifs is 3. The summed E-state index contributed by atoms with van der Waals surface area (Å²) in [6.07, 6.45) is 11.4. The standard InChI is InChI=1S/C37H57NO10/c1-23(20-27-14-16-30(41)31(42)21-27)32-18-15-26(22-39)10-6-4-5-7-12-29(40)25(3)33-17-13-24(2)37(46,48-33)34(43)35(44)38-19-9-8-11-28(38)36(45)47-32/h6-7,10,12,23-28,30-33,39,41-42,46H,4-5,8-9,11,13-22H2,1-3H3/t23-,24-,25+,26-,27+,28+,30-,31-,32+,33+,37-/m1/s1. The highest BCUT2D eigenvalue weighted by atomic mass is 16.6. The molecule has 0 spiro atoms. The molecule has 0 unspecified atom stereocenters. The molecule has 0 aromatic carbocycles. The van der Waals surface area contributed by atoms with Gasteiger partial charge in [0.25, 0.3) is 11.7 Å². The molecule has 11 heteroatoms. The van der Waals surface area contributed by atoms with E-state index in [-0.39, 0.29) is 36.7 Å². The number of carbonyl (C=O) groups is 4. The Balaban J connectivity index is 1.61. The number of aliphatic hydroxyl groups excluding tert-OH is 3. The van der Waals surface area contributed by atoms with Crippen molar-refractivity contribution in [1.29, 1.82) is 0 Å². The predicted octanol–water partition coefficient (Wildman–Crippen LogP) is 3.40. The fourth-order valence-corrected chi connectivity index (χ4v) is 7.79. The lowest BCUT2D eigenvalue weighted by atomic mass is 9.78. The molecule has 48 heavy (non-hydrogen) atoms. The van der Waals surface area contributed by atoms with Crippen LogP contribution in [0, 0.1) is 29.6 Å². The van der Waals surface area contributed by atoms with E-state index in [9.17, 15) is 39.6 Å². The van der Waals surface area contributed by atoms with E-state index in [1.807, 2.05) is 19.1 Å². The van der Waals surface area contributed by atoms with Crippen LogP contribution in [0.3, 0.4) is 0 Å². The van der Waals surface area contributed by atoms with Gasteiger partial charge < -0.3 is 34.8 Å². The minimum absolute atomic E-state index is 0.0835. The minimum atomic E-state index is -2.43. The number of hydrogen-bond acceptors (Lipinski definition) is 10. The molecule has 2 bridgehead atoms. The van der Waals surface area contributed by atoms with E-state index in [4.69, 9.17) is 9.47 Å². The molecule has 1 aliphatic carbocycles. The predicted molar refractivity (Wildman–Crippen MR) is 177 cm³/mol. The van der Waals surface area contributed by atoms with Crippen LogP contribution < -0.4 is 0 Å². The summed E-state index contributed by atoms with van der Waals surface area (Å²) in [5, 5.41) is 42.0. The summed E-state index contributed by atoms with van der Waals surface area (Å²) in [5.41, 5.74) is 0. The first-order chi connectivity index (χ1) is 22.8. The van der Waals surface area contributed by atoms with E-state index in [0.29, 0.717) is 77.0 Å². The summed E-state index contributed by atoms with van der Waals surface area (Å²) in [6, 6.07) is -1.01. The number of esters is 1. The zero-order valence-electron chi connectivity index (χ0n) is 28.9. The Morgan fingerprint density at radius 2 is 1.69 bits per heavy atom. The van der Waals surface area contributed by atoms with Gasteiger partial charge in [0.05, 0.1) is 18.3 Å². The van der Waals surface area contributed by atoms with E-state index in [1.165, 1.54) is 11.0 Å². The van der Waals surface area contributed by atoms with Crippen molar-refractivity contribution in [3.05, 3.63) is 24.3 Å². The van der Waals surface area contributed by atoms with Crippen molar-refractivity contribution in [3.63, 3.8) is 0 Å². The zero-order chi connectivity index (χ0) is 35.0. The number of carbonyl (C=O) groups excluding carboxylic acids is 4. The summed E-state index contributed by atoms with van der Waals surface area (Å²) >= 11 is 0. The second-order valence-electron chi connectivity index (χ2n) is 14.8. The van der Waals surface area contributed by atoms with Crippen LogP contribution in [0.1, 0.15) is 104 Å². The van der Waals surface area contributed by atoms with Gasteiger partial charge in [0.1, 0.15) is 12.1 Å². The summed E-state index contributed by atoms with van der Waals surface area (Å²) in [6.45, 7) is 5.39. The Morgan fingerprint density at radius 1 is 0.938 bits per heavy atom. The average molecular weight is 676 g/mol. The van der Waals surface area contributed by atoms with Crippen molar-refractivity contribution >= 4 is 23.4 Å². The Kier molecular flexibility index (Phi) is 14.0. The topological polar surface area (TPSA) is 171 Å². The molecule has 270 valence electrons. The Labute approximate surface area is 284 Å². The first-order valence-corrected chi connectivity index (χ1v) is 18.2. The van der Waals surface area contributed by atoms with E-state index in [2.05, 4.69) is 0 Å². The van der Waals surface area contributed by atoms with Crippen molar-refractivity contribution in [3.8, 4) is 0 Å². The van der Waals surface area contributed by atoms with Gasteiger partial charge in [0.2, 0.25) is 5.79 Å². The van der Waals surface area contributed by atoms with Crippen LogP contribution in [0.25, 0.3) is 0 Å². The van der Waals surface area contributed by atoms with Crippen LogP contribution in [0.5, 0.6) is 0 Å². The van der Waals surface area contributed by atoms with Gasteiger partial charge in [0.15, 0.2) is 5.78 Å². The molecule has 2 saturated heterocycles. The fourth-order valence-electron chi connectivity index (χ4n) is 7.79. The fraction of sp³-hybridized carbons (Fsp3) is 0.784. The van der Waals surface area contributed by atoms with Gasteiger partial charge in [-0.3, -0.25) is 14.4 Å². The van der Waals surface area contributed by atoms with Crippen molar-refractivity contribution in [2.45, 2.75) is 140 Å². The number of amides is 1. The third-order valence-corrected chi connectivity index (χ3v) is 11.2. The molecule has 1 saturated carbocycles. The average Bonchev–Trinajstić information content (AvgIpc) is 3.08. The molecule has 0 radical (unpaired) electrons. The van der Waals surface area contributed by atoms with Crippen molar-refractivity contribution < 1.29 is 49.1 Å². The maximum absolute atomic E-state index is 13.9. The number of allylic oxidation sites excluding steroid dienone is 3. The molecule has 3 fully saturated rings. The molecular formula is C37H57NO10. The Hall–Kier alpha value is -2.44. The molecule has 0 aromatic rings. The second-order valence-corrected chi connectivity index (χ2v) is 14.8. The van der Waals surface area contributed by atoms with Crippen LogP contribution in [-0.2, 0) is 28.7 Å². The van der Waals surface area contributed by atoms with E-state index in [1.54, 1.807) is 19.9 Å². The number of rotatable bonds is 4. The van der Waals surface area contributed by atoms with Crippen LogP contribution in [0.2, 0.25) is 0 Å². The monoisotopic (exact) mass is 675 g/mol. The smallest absolute Gasteiger partial charge is 0.329 e. The van der Waals surface area contributed by atoms with Crippen LogP contribution in [0.15, 0.2) is 24.3 Å². The van der Waals surface area contributed by atoms with E-state index < -0.39 is 65.7 Å². The lowest BCUT2D eigenvalue weighted by molar-refractivity contribution is -0.268. The number of nitrogens with zero attached hydrogens (tertiary/aromatic N) is 1. The normalized spacial score (nSPS) is 38.9. The second kappa shape index (κ2) is 17.5. The van der Waals surface area contributed by atoms with Crippen molar-refractivity contribution in [1.82, 2.24) is 4.90 Å². The van der Waals surface area contributed by atoms with Gasteiger partial charge in [-0.25, -0.2) is 4.79 Å². The number of hydrogen-bond donors (Lipinski definition) is 4. The molecule has 1 amide bonds. The van der Waals surface area contributed by atoms with Crippen LogP contribution in [0.4, 0.5) is 0 Å². The maximum Gasteiger partial charge on any atom is 0.329 e. The van der Waals surface area contributed by atoms with Gasteiger partial charge >= 0.3 is 5.97 Å². The van der Waals surface area contributed by atoms with Gasteiger partial charge in [-0.2, -0.15) is 0 Å². The highest BCUT2D eigenvalue weighted by molar-refractivity contribution is 6.39. The van der Waals surface area contributed by atoms with Gasteiger partial charge in [-0.1, -0.05) is 39.0 Å². The maximum atomic E-state index is 13.9. The van der Waals surface area contributed by atoms with E-state index >= 15 is 0 Å². The SMILES string of the molecule is C[C@H](C[C@@H]1CC[C@@H](O)[C@H](O)C1)[C@@H]1CC[C@H](CO)C=CCCC=CC(=O)[C@H](C)[C@@H]2CC[C@@H](C)[C@@](O)(O2)C(=O)C(=O)N2CCCC[C@H]2C(=O)O1. The van der Waals surface area contributed by atoms with Crippen LogP contribution >= 0.6 is 0 Å². The quantitative estimate of drug-likeness (QED) is 0.197. The highest BCUT2D eigenvalue weighted by Crippen LogP contribution is 2.37. The van der Waals surface area contributed by atoms with Crippen molar-refractivity contribution in [2.24, 2.45) is 29.6 Å². The molecule has 3 aliphatic heterocycles. The molecule has 4 N–H and O–H groups in total. The molecule has 3 heterocycles. The molecule has 4 aliphatic rings. The number of cyclic esters (lactones) is 1. The van der Waals surface area contributed by atoms with Crippen molar-refractivity contribution in [2.75, 3.05) is 13.2 Å². The number of ketones is 2. The largest absolute Gasteiger partial charge is 0.461 e. The van der Waals surface area contributed by atoms with Gasteiger partial charge in [-0.05, 0) is 101 Å². The van der Waals surface area contributed by atoms with Gasteiger partial charge in [0, 0.05) is 30.9 Å². The number of aliphatic hydroxyl groups is 4. The molecule has 11 nitrogen and oxygen atoms in total. The molecule has 11 atom stereocenters. The number of ether oxygens (including phenoxy) is 2. The molecule has 4 rings (SSSR count). The third-order valence-electron chi connectivity index (χ3n) is 11.2. The summed E-state index contributed by atoms with van der Waals surface area (Å²) in [7, 11) is 0. The summed E-state index contributed by atoms with van der Waals surface area (Å²) in [5.74, 6) is -6.86. The summed E-state index contributed by atoms with van der Waals surface area (Å²) in [4.78, 5) is 55.7. The Morgan fingerprint density at radius 3 is 2.42 bits per heavy atom. The lowest BCUT2D eigenvalue weighted by Crippen LogP contribution is -2.61. The van der Waals surface area contributed by atoms with Gasteiger partial charge in [-0.15, -0.1) is 0 Å². The number of piperidine rings is 1. The molecular weight excluding hydrogens is 618 g/mol. The van der Waals surface area contributed by atoms with E-state index in [0.717, 1.165) is 6.42 Å². The minimum Gasteiger partial charge on any atom is -0.461 e. The first kappa shape index (κ1) is 38.4. The Bertz CT molecular complexity index is 1190.